The Morgan fingerprint density at radius 1 is 1.25 bits per heavy atom. The summed E-state index contributed by atoms with van der Waals surface area (Å²) in [7, 11) is 4.36. The van der Waals surface area contributed by atoms with Crippen molar-refractivity contribution in [3.63, 3.8) is 0 Å². The lowest BCUT2D eigenvalue weighted by Crippen LogP contribution is -2.59. The molecule has 2 rings (SSSR count). The van der Waals surface area contributed by atoms with Crippen LogP contribution in [-0.4, -0.2) is 30.6 Å². The quantitative estimate of drug-likeness (QED) is 0.917. The van der Waals surface area contributed by atoms with E-state index in [9.17, 15) is 0 Å². The molecule has 0 radical (unpaired) electrons. The third-order valence-corrected chi connectivity index (χ3v) is 5.34. The van der Waals surface area contributed by atoms with Gasteiger partial charge in [0.25, 0.3) is 0 Å². The molecule has 1 unspecified atom stereocenters. The number of nitrogens with zero attached hydrogens (tertiary/aromatic N) is 1. The highest BCUT2D eigenvalue weighted by molar-refractivity contribution is 6.30. The summed E-state index contributed by atoms with van der Waals surface area (Å²) in [5, 5.41) is 0.788. The Kier molecular flexibility index (Phi) is 5.11. The molecule has 1 aromatic rings. The van der Waals surface area contributed by atoms with E-state index in [1.807, 2.05) is 12.1 Å². The summed E-state index contributed by atoms with van der Waals surface area (Å²) < 4.78 is 0. The van der Waals surface area contributed by atoms with E-state index in [-0.39, 0.29) is 11.6 Å². The van der Waals surface area contributed by atoms with E-state index in [2.05, 4.69) is 38.1 Å². The van der Waals surface area contributed by atoms with Gasteiger partial charge in [0.05, 0.1) is 0 Å². The summed E-state index contributed by atoms with van der Waals surface area (Å²) in [5.74, 6) is 0.839. The number of hydrogen-bond acceptors (Lipinski definition) is 2. The average molecular weight is 295 g/mol. The number of likely N-dealkylation sites (N-methyl/N-ethyl adjacent to an activating group) is 1. The predicted octanol–water partition coefficient (Wildman–Crippen LogP) is 3.72. The molecule has 2 N–H and O–H groups in total. The Morgan fingerprint density at radius 2 is 1.80 bits per heavy atom. The highest BCUT2D eigenvalue weighted by Crippen LogP contribution is 2.38. The molecule has 1 aromatic carbocycles. The number of nitrogens with two attached hydrogens (primary N) is 1. The zero-order chi connectivity index (χ0) is 14.8. The molecule has 2 nitrogen and oxygen atoms in total. The van der Waals surface area contributed by atoms with Gasteiger partial charge in [0, 0.05) is 16.6 Å². The van der Waals surface area contributed by atoms with Crippen LogP contribution in [0.1, 0.15) is 38.2 Å². The fourth-order valence-corrected chi connectivity index (χ4v) is 3.60. The van der Waals surface area contributed by atoms with Crippen LogP contribution in [0.2, 0.25) is 5.02 Å². The van der Waals surface area contributed by atoms with E-state index >= 15 is 0 Å². The molecule has 1 aliphatic carbocycles. The Labute approximate surface area is 128 Å². The smallest absolute Gasteiger partial charge is 0.0406 e. The normalized spacial score (nSPS) is 28.6. The Balaban J connectivity index is 2.11. The monoisotopic (exact) mass is 294 g/mol. The summed E-state index contributed by atoms with van der Waals surface area (Å²) in [5.41, 5.74) is 8.05. The largest absolute Gasteiger partial charge is 0.326 e. The minimum Gasteiger partial charge on any atom is -0.326 e. The van der Waals surface area contributed by atoms with Crippen molar-refractivity contribution in [1.82, 2.24) is 4.90 Å². The summed E-state index contributed by atoms with van der Waals surface area (Å²) in [6.07, 6.45) is 5.90. The molecule has 0 amide bonds. The van der Waals surface area contributed by atoms with Crippen LogP contribution in [0.3, 0.4) is 0 Å². The maximum Gasteiger partial charge on any atom is 0.0406 e. The van der Waals surface area contributed by atoms with Gasteiger partial charge in [-0.25, -0.2) is 0 Å². The molecule has 0 bridgehead atoms. The highest BCUT2D eigenvalue weighted by atomic mass is 35.5. The fourth-order valence-electron chi connectivity index (χ4n) is 3.48. The van der Waals surface area contributed by atoms with Gasteiger partial charge in [-0.05, 0) is 69.8 Å². The Bertz CT molecular complexity index is 419. The number of benzene rings is 1. The van der Waals surface area contributed by atoms with Gasteiger partial charge in [0.1, 0.15) is 0 Å². The molecule has 0 aliphatic heterocycles. The van der Waals surface area contributed by atoms with E-state index in [4.69, 9.17) is 17.3 Å². The summed E-state index contributed by atoms with van der Waals surface area (Å²) in [6.45, 7) is 2.35. The van der Waals surface area contributed by atoms with Gasteiger partial charge < -0.3 is 10.6 Å². The van der Waals surface area contributed by atoms with Gasteiger partial charge in [0.15, 0.2) is 0 Å². The molecule has 112 valence electrons. The van der Waals surface area contributed by atoms with Gasteiger partial charge in [0.2, 0.25) is 0 Å². The molecule has 0 aromatic heterocycles. The van der Waals surface area contributed by atoms with Crippen molar-refractivity contribution < 1.29 is 0 Å². The van der Waals surface area contributed by atoms with Crippen molar-refractivity contribution in [2.75, 3.05) is 14.1 Å². The van der Waals surface area contributed by atoms with E-state index in [0.29, 0.717) is 0 Å². The van der Waals surface area contributed by atoms with Crippen molar-refractivity contribution in [1.29, 1.82) is 0 Å². The topological polar surface area (TPSA) is 29.3 Å². The van der Waals surface area contributed by atoms with E-state index in [1.165, 1.54) is 31.2 Å². The molecule has 1 saturated carbocycles. The molecular weight excluding hydrogens is 268 g/mol. The first-order valence-corrected chi connectivity index (χ1v) is 7.99. The van der Waals surface area contributed by atoms with E-state index < -0.39 is 0 Å². The van der Waals surface area contributed by atoms with Crippen LogP contribution in [0.4, 0.5) is 0 Å². The summed E-state index contributed by atoms with van der Waals surface area (Å²) in [6, 6.07) is 8.27. The molecular formula is C17H27ClN2. The van der Waals surface area contributed by atoms with Crippen LogP contribution in [0, 0.1) is 5.92 Å². The highest BCUT2D eigenvalue weighted by Gasteiger charge is 2.41. The summed E-state index contributed by atoms with van der Waals surface area (Å²) in [4.78, 5) is 2.36. The van der Waals surface area contributed by atoms with Gasteiger partial charge in [-0.15, -0.1) is 0 Å². The lowest BCUT2D eigenvalue weighted by molar-refractivity contribution is 0.0568. The zero-order valence-corrected chi connectivity index (χ0v) is 13.7. The minimum absolute atomic E-state index is 0.145. The first-order valence-electron chi connectivity index (χ1n) is 7.61. The van der Waals surface area contributed by atoms with Crippen molar-refractivity contribution in [3.8, 4) is 0 Å². The minimum atomic E-state index is 0.145. The SMILES string of the molecule is CC1CCC(C(N)Cc2ccc(Cl)cc2)(N(C)C)CC1. The van der Waals surface area contributed by atoms with Gasteiger partial charge in [-0.1, -0.05) is 30.7 Å². The molecule has 0 saturated heterocycles. The fraction of sp³-hybridized carbons (Fsp3) is 0.647. The molecule has 20 heavy (non-hydrogen) atoms. The van der Waals surface area contributed by atoms with Crippen LogP contribution in [0.25, 0.3) is 0 Å². The number of halogens is 1. The Hall–Kier alpha value is -0.570. The molecule has 0 spiro atoms. The summed E-state index contributed by atoms with van der Waals surface area (Å²) >= 11 is 5.95. The lowest BCUT2D eigenvalue weighted by atomic mass is 9.71. The molecule has 1 atom stereocenters. The zero-order valence-electron chi connectivity index (χ0n) is 12.9. The van der Waals surface area contributed by atoms with Crippen LogP contribution in [0.5, 0.6) is 0 Å². The van der Waals surface area contributed by atoms with Crippen molar-refractivity contribution in [2.24, 2.45) is 11.7 Å². The van der Waals surface area contributed by atoms with Gasteiger partial charge in [-0.2, -0.15) is 0 Å². The third kappa shape index (κ3) is 3.36. The molecule has 1 aliphatic rings. The van der Waals surface area contributed by atoms with Crippen molar-refractivity contribution in [3.05, 3.63) is 34.9 Å². The lowest BCUT2D eigenvalue weighted by Gasteiger charge is -2.48. The second-order valence-electron chi connectivity index (χ2n) is 6.62. The first kappa shape index (κ1) is 15.8. The predicted molar refractivity (Wildman–Crippen MR) is 87.2 cm³/mol. The first-order chi connectivity index (χ1) is 9.44. The average Bonchev–Trinajstić information content (AvgIpc) is 2.42. The number of hydrogen-bond donors (Lipinski definition) is 1. The molecule has 0 heterocycles. The van der Waals surface area contributed by atoms with Gasteiger partial charge >= 0.3 is 0 Å². The maximum absolute atomic E-state index is 6.63. The molecule has 3 heteroatoms. The second-order valence-corrected chi connectivity index (χ2v) is 7.05. The van der Waals surface area contributed by atoms with Crippen LogP contribution in [0.15, 0.2) is 24.3 Å². The second kappa shape index (κ2) is 6.46. The van der Waals surface area contributed by atoms with Crippen molar-refractivity contribution >= 4 is 11.6 Å². The van der Waals surface area contributed by atoms with Crippen molar-refractivity contribution in [2.45, 2.75) is 50.6 Å². The number of rotatable bonds is 4. The maximum atomic E-state index is 6.63. The van der Waals surface area contributed by atoms with Crippen LogP contribution in [-0.2, 0) is 6.42 Å². The van der Waals surface area contributed by atoms with E-state index in [1.54, 1.807) is 0 Å². The Morgan fingerprint density at radius 3 is 2.30 bits per heavy atom. The third-order valence-electron chi connectivity index (χ3n) is 5.09. The van der Waals surface area contributed by atoms with E-state index in [0.717, 1.165) is 17.4 Å². The standard InChI is InChI=1S/C17H27ClN2/c1-13-8-10-17(11-9-13,20(2)3)16(19)12-14-4-6-15(18)7-5-14/h4-7,13,16H,8-12,19H2,1-3H3. The van der Waals surface area contributed by atoms with Gasteiger partial charge in [-0.3, -0.25) is 0 Å². The van der Waals surface area contributed by atoms with Crippen LogP contribution < -0.4 is 5.73 Å². The molecule has 1 fully saturated rings. The van der Waals surface area contributed by atoms with Crippen LogP contribution >= 0.6 is 11.6 Å².